The van der Waals surface area contributed by atoms with E-state index in [1.807, 2.05) is 25.1 Å². The maximum atomic E-state index is 12.8. The molecule has 1 atom stereocenters. The van der Waals surface area contributed by atoms with Crippen LogP contribution in [0.2, 0.25) is 0 Å². The Morgan fingerprint density at radius 2 is 2.00 bits per heavy atom. The van der Waals surface area contributed by atoms with Gasteiger partial charge in [0.2, 0.25) is 5.91 Å². The smallest absolute Gasteiger partial charge is 0.281 e. The first-order valence-corrected chi connectivity index (χ1v) is 10.1. The van der Waals surface area contributed by atoms with Gasteiger partial charge >= 0.3 is 0 Å². The van der Waals surface area contributed by atoms with Crippen LogP contribution in [0.1, 0.15) is 43.7 Å². The van der Waals surface area contributed by atoms with Gasteiger partial charge in [-0.1, -0.05) is 32.0 Å². The van der Waals surface area contributed by atoms with Crippen molar-refractivity contribution in [1.82, 2.24) is 8.61 Å². The number of carbonyl (C=O) groups is 1. The summed E-state index contributed by atoms with van der Waals surface area (Å²) in [5, 5.41) is 3.06. The van der Waals surface area contributed by atoms with Gasteiger partial charge in [-0.25, -0.2) is 0 Å². The number of nitrogens with zero attached hydrogens (tertiary/aromatic N) is 2. The largest absolute Gasteiger partial charge is 0.325 e. The Balaban J connectivity index is 2.17. The number of hydrogen-bond acceptors (Lipinski definition) is 3. The second-order valence-electron chi connectivity index (χ2n) is 7.17. The molecule has 1 amide bonds. The van der Waals surface area contributed by atoms with Crippen molar-refractivity contribution in [2.45, 2.75) is 39.5 Å². The standard InChI is InChI=1S/C18H29N3O3S/c1-13(2)16-10-6-8-14(3)17(16)19-18(22)15-9-7-11-21(12-15)25(23,24)20(4)5/h6,8,10,13,15H,7,9,11-12H2,1-5H3,(H,19,22). The van der Waals surface area contributed by atoms with Crippen LogP contribution >= 0.6 is 0 Å². The van der Waals surface area contributed by atoms with E-state index in [0.29, 0.717) is 25.3 Å². The minimum absolute atomic E-state index is 0.102. The minimum atomic E-state index is -3.48. The number of anilines is 1. The van der Waals surface area contributed by atoms with E-state index < -0.39 is 10.2 Å². The molecule has 7 heteroatoms. The highest BCUT2D eigenvalue weighted by Crippen LogP contribution is 2.29. The van der Waals surface area contributed by atoms with Gasteiger partial charge in [0.15, 0.2) is 0 Å². The third-order valence-corrected chi connectivity index (χ3v) is 6.62. The van der Waals surface area contributed by atoms with Crippen LogP contribution in [0.25, 0.3) is 0 Å². The number of nitrogens with one attached hydrogen (secondary N) is 1. The molecule has 140 valence electrons. The van der Waals surface area contributed by atoms with Crippen molar-refractivity contribution in [3.63, 3.8) is 0 Å². The van der Waals surface area contributed by atoms with Crippen LogP contribution in [0.3, 0.4) is 0 Å². The van der Waals surface area contributed by atoms with E-state index in [1.165, 1.54) is 22.7 Å². The van der Waals surface area contributed by atoms with Gasteiger partial charge < -0.3 is 5.32 Å². The van der Waals surface area contributed by atoms with Gasteiger partial charge in [0.25, 0.3) is 10.2 Å². The fraction of sp³-hybridized carbons (Fsp3) is 0.611. The molecule has 1 unspecified atom stereocenters. The van der Waals surface area contributed by atoms with Crippen molar-refractivity contribution in [2.75, 3.05) is 32.5 Å². The van der Waals surface area contributed by atoms with Gasteiger partial charge in [0.05, 0.1) is 5.92 Å². The summed E-state index contributed by atoms with van der Waals surface area (Å²) in [5.74, 6) is -0.134. The molecule has 1 saturated heterocycles. The monoisotopic (exact) mass is 367 g/mol. The molecule has 2 rings (SSSR count). The maximum absolute atomic E-state index is 12.8. The molecule has 0 aliphatic carbocycles. The molecule has 0 spiro atoms. The highest BCUT2D eigenvalue weighted by molar-refractivity contribution is 7.86. The Kier molecular flexibility index (Phi) is 6.24. The van der Waals surface area contributed by atoms with Gasteiger partial charge in [0.1, 0.15) is 0 Å². The number of hydrogen-bond donors (Lipinski definition) is 1. The molecule has 1 aliphatic rings. The van der Waals surface area contributed by atoms with E-state index in [4.69, 9.17) is 0 Å². The first-order chi connectivity index (χ1) is 11.6. The molecule has 1 N–H and O–H groups in total. The fourth-order valence-electron chi connectivity index (χ4n) is 3.16. The zero-order valence-electron chi connectivity index (χ0n) is 15.7. The van der Waals surface area contributed by atoms with Crippen LogP contribution in [-0.2, 0) is 15.0 Å². The number of carbonyl (C=O) groups excluding carboxylic acids is 1. The normalized spacial score (nSPS) is 19.4. The highest BCUT2D eigenvalue weighted by atomic mass is 32.2. The molecule has 0 aromatic heterocycles. The molecule has 0 bridgehead atoms. The molecule has 0 saturated carbocycles. The van der Waals surface area contributed by atoms with Gasteiger partial charge in [-0.05, 0) is 36.8 Å². The molecule has 1 aromatic rings. The molecule has 1 heterocycles. The average Bonchev–Trinajstić information content (AvgIpc) is 2.56. The summed E-state index contributed by atoms with van der Waals surface area (Å²) >= 11 is 0. The van der Waals surface area contributed by atoms with Crippen molar-refractivity contribution >= 4 is 21.8 Å². The van der Waals surface area contributed by atoms with Gasteiger partial charge in [-0.15, -0.1) is 0 Å². The average molecular weight is 368 g/mol. The second-order valence-corrected chi connectivity index (χ2v) is 9.31. The van der Waals surface area contributed by atoms with E-state index >= 15 is 0 Å². The van der Waals surface area contributed by atoms with Gasteiger partial charge in [-0.2, -0.15) is 17.0 Å². The van der Waals surface area contributed by atoms with Gasteiger partial charge in [-0.3, -0.25) is 4.79 Å². The summed E-state index contributed by atoms with van der Waals surface area (Å²) in [7, 11) is -0.452. The number of aryl methyl sites for hydroxylation is 1. The summed E-state index contributed by atoms with van der Waals surface area (Å²) in [5.41, 5.74) is 2.98. The highest BCUT2D eigenvalue weighted by Gasteiger charge is 2.33. The van der Waals surface area contributed by atoms with Crippen LogP contribution in [0.15, 0.2) is 18.2 Å². The molecule has 1 fully saturated rings. The van der Waals surface area contributed by atoms with Crippen molar-refractivity contribution in [3.8, 4) is 0 Å². The van der Waals surface area contributed by atoms with Crippen LogP contribution in [0.5, 0.6) is 0 Å². The summed E-state index contributed by atoms with van der Waals surface area (Å²) < 4.78 is 27.3. The lowest BCUT2D eigenvalue weighted by Crippen LogP contribution is -2.47. The Hall–Kier alpha value is -1.44. The first-order valence-electron chi connectivity index (χ1n) is 8.72. The van der Waals surface area contributed by atoms with E-state index in [9.17, 15) is 13.2 Å². The van der Waals surface area contributed by atoms with E-state index in [0.717, 1.165) is 16.8 Å². The van der Waals surface area contributed by atoms with Crippen LogP contribution in [-0.4, -0.2) is 50.1 Å². The lowest BCUT2D eigenvalue weighted by atomic mass is 9.95. The number of rotatable bonds is 5. The zero-order chi connectivity index (χ0) is 18.8. The molecule has 0 radical (unpaired) electrons. The van der Waals surface area contributed by atoms with Crippen molar-refractivity contribution in [3.05, 3.63) is 29.3 Å². The summed E-state index contributed by atoms with van der Waals surface area (Å²) in [6, 6.07) is 5.99. The molecular formula is C18H29N3O3S. The first kappa shape index (κ1) is 19.9. The predicted molar refractivity (Wildman–Crippen MR) is 101 cm³/mol. The third-order valence-electron chi connectivity index (χ3n) is 4.72. The lowest BCUT2D eigenvalue weighted by molar-refractivity contribution is -0.120. The fourth-order valence-corrected chi connectivity index (χ4v) is 4.35. The van der Waals surface area contributed by atoms with E-state index in [-0.39, 0.29) is 18.4 Å². The Bertz CT molecular complexity index is 729. The predicted octanol–water partition coefficient (Wildman–Crippen LogP) is 2.58. The topological polar surface area (TPSA) is 69.7 Å². The van der Waals surface area contributed by atoms with Crippen molar-refractivity contribution < 1.29 is 13.2 Å². The van der Waals surface area contributed by atoms with Crippen LogP contribution < -0.4 is 5.32 Å². The lowest BCUT2D eigenvalue weighted by Gasteiger charge is -2.33. The second kappa shape index (κ2) is 7.85. The molecule has 25 heavy (non-hydrogen) atoms. The SMILES string of the molecule is Cc1cccc(C(C)C)c1NC(=O)C1CCCN(S(=O)(=O)N(C)C)C1. The summed E-state index contributed by atoms with van der Waals surface area (Å²) in [6.45, 7) is 6.86. The number of amides is 1. The maximum Gasteiger partial charge on any atom is 0.281 e. The van der Waals surface area contributed by atoms with Crippen LogP contribution in [0, 0.1) is 12.8 Å². The van der Waals surface area contributed by atoms with Crippen LogP contribution in [0.4, 0.5) is 5.69 Å². The van der Waals surface area contributed by atoms with Crippen molar-refractivity contribution in [1.29, 1.82) is 0 Å². The third kappa shape index (κ3) is 4.40. The molecule has 6 nitrogen and oxygen atoms in total. The Morgan fingerprint density at radius 1 is 1.32 bits per heavy atom. The molecule has 1 aliphatic heterocycles. The minimum Gasteiger partial charge on any atom is -0.325 e. The Labute approximate surface area is 151 Å². The number of benzene rings is 1. The quantitative estimate of drug-likeness (QED) is 0.869. The Morgan fingerprint density at radius 3 is 2.60 bits per heavy atom. The van der Waals surface area contributed by atoms with E-state index in [1.54, 1.807) is 0 Å². The number of para-hydroxylation sites is 1. The van der Waals surface area contributed by atoms with Crippen molar-refractivity contribution in [2.24, 2.45) is 5.92 Å². The van der Waals surface area contributed by atoms with E-state index in [2.05, 4.69) is 19.2 Å². The zero-order valence-corrected chi connectivity index (χ0v) is 16.6. The summed E-state index contributed by atoms with van der Waals surface area (Å²) in [4.78, 5) is 12.8. The van der Waals surface area contributed by atoms with Gasteiger partial charge in [0, 0.05) is 32.9 Å². The molecular weight excluding hydrogens is 338 g/mol. The summed E-state index contributed by atoms with van der Waals surface area (Å²) in [6.07, 6.45) is 1.39. The molecule has 1 aromatic carbocycles. The number of piperidine rings is 1.